The van der Waals surface area contributed by atoms with E-state index in [1.54, 1.807) is 11.9 Å². The van der Waals surface area contributed by atoms with Crippen LogP contribution in [0.1, 0.15) is 12.8 Å². The lowest BCUT2D eigenvalue weighted by atomic mass is 9.92. The summed E-state index contributed by atoms with van der Waals surface area (Å²) in [7, 11) is 1.71. The third kappa shape index (κ3) is 1.52. The third-order valence-electron chi connectivity index (χ3n) is 2.00. The summed E-state index contributed by atoms with van der Waals surface area (Å²) in [5.41, 5.74) is -1.19. The molecule has 1 fully saturated rings. The summed E-state index contributed by atoms with van der Waals surface area (Å²) < 4.78 is 0. The summed E-state index contributed by atoms with van der Waals surface area (Å²) in [6, 6.07) is 0. The number of hydrogen-bond donors (Lipinski definition) is 1. The van der Waals surface area contributed by atoms with Crippen molar-refractivity contribution < 1.29 is 9.90 Å². The predicted octanol–water partition coefficient (Wildman–Crippen LogP) is -0.397. The number of carbonyl (C=O) groups is 1. The molecule has 11 heavy (non-hydrogen) atoms. The monoisotopic (exact) mass is 153 g/mol. The summed E-state index contributed by atoms with van der Waals surface area (Å²) >= 11 is 0. The van der Waals surface area contributed by atoms with Crippen LogP contribution >= 0.6 is 0 Å². The Labute approximate surface area is 66.0 Å². The van der Waals surface area contributed by atoms with E-state index in [9.17, 15) is 9.90 Å². The van der Waals surface area contributed by atoms with E-state index in [0.29, 0.717) is 13.0 Å². The quantitative estimate of drug-likeness (QED) is 0.481. The van der Waals surface area contributed by atoms with E-state index in [4.69, 9.17) is 6.42 Å². The highest BCUT2D eigenvalue weighted by atomic mass is 16.3. The molecule has 3 heteroatoms. The van der Waals surface area contributed by atoms with Crippen molar-refractivity contribution in [2.75, 3.05) is 13.6 Å². The molecule has 1 aliphatic rings. The molecule has 3 nitrogen and oxygen atoms in total. The Bertz CT molecular complexity index is 219. The first kappa shape index (κ1) is 8.09. The number of terminal acetylenes is 1. The molecule has 0 aromatic carbocycles. The van der Waals surface area contributed by atoms with Gasteiger partial charge < -0.3 is 10.0 Å². The van der Waals surface area contributed by atoms with Crippen molar-refractivity contribution in [3.63, 3.8) is 0 Å². The number of likely N-dealkylation sites (tertiary alicyclic amines) is 1. The van der Waals surface area contributed by atoms with E-state index >= 15 is 0 Å². The van der Waals surface area contributed by atoms with Crippen LogP contribution in [0.15, 0.2) is 0 Å². The molecular weight excluding hydrogens is 142 g/mol. The number of amides is 1. The van der Waals surface area contributed by atoms with Crippen LogP contribution in [0.25, 0.3) is 0 Å². The first-order valence-corrected chi connectivity index (χ1v) is 3.51. The zero-order valence-corrected chi connectivity index (χ0v) is 6.50. The number of nitrogens with zero attached hydrogens (tertiary/aromatic N) is 1. The number of hydrogen-bond acceptors (Lipinski definition) is 2. The predicted molar refractivity (Wildman–Crippen MR) is 40.7 cm³/mol. The fourth-order valence-electron chi connectivity index (χ4n) is 1.07. The van der Waals surface area contributed by atoms with Gasteiger partial charge in [0.1, 0.15) is 5.60 Å². The molecule has 1 aliphatic heterocycles. The molecule has 1 heterocycles. The Morgan fingerprint density at radius 1 is 1.82 bits per heavy atom. The van der Waals surface area contributed by atoms with Crippen LogP contribution in [0.2, 0.25) is 0 Å². The van der Waals surface area contributed by atoms with Gasteiger partial charge in [0.25, 0.3) is 0 Å². The molecule has 0 radical (unpaired) electrons. The minimum absolute atomic E-state index is 0.0556. The van der Waals surface area contributed by atoms with Gasteiger partial charge in [-0.2, -0.15) is 0 Å². The largest absolute Gasteiger partial charge is 0.377 e. The lowest BCUT2D eigenvalue weighted by Gasteiger charge is -2.31. The van der Waals surface area contributed by atoms with Crippen molar-refractivity contribution in [2.45, 2.75) is 18.4 Å². The van der Waals surface area contributed by atoms with E-state index in [2.05, 4.69) is 5.92 Å². The molecule has 0 aromatic heterocycles. The van der Waals surface area contributed by atoms with Crippen LogP contribution in [0.4, 0.5) is 0 Å². The van der Waals surface area contributed by atoms with Crippen molar-refractivity contribution in [3.05, 3.63) is 0 Å². The van der Waals surface area contributed by atoms with E-state index in [1.165, 1.54) is 0 Å². The summed E-state index contributed by atoms with van der Waals surface area (Å²) in [5.74, 6) is 2.15. The Morgan fingerprint density at radius 2 is 2.45 bits per heavy atom. The van der Waals surface area contributed by atoms with Crippen LogP contribution in [-0.4, -0.2) is 35.1 Å². The smallest absolute Gasteiger partial charge is 0.226 e. The highest BCUT2D eigenvalue weighted by Crippen LogP contribution is 2.20. The highest BCUT2D eigenvalue weighted by molar-refractivity contribution is 5.78. The van der Waals surface area contributed by atoms with Gasteiger partial charge in [-0.3, -0.25) is 4.79 Å². The SMILES string of the molecule is C#C[C@]1(O)CCN(C)C(=O)C1. The van der Waals surface area contributed by atoms with Gasteiger partial charge in [0.2, 0.25) is 5.91 Å². The van der Waals surface area contributed by atoms with E-state index < -0.39 is 5.60 Å². The Hall–Kier alpha value is -1.01. The first-order valence-electron chi connectivity index (χ1n) is 3.51. The molecule has 0 unspecified atom stereocenters. The molecule has 60 valence electrons. The average molecular weight is 153 g/mol. The van der Waals surface area contributed by atoms with Crippen LogP contribution in [0, 0.1) is 12.3 Å². The van der Waals surface area contributed by atoms with Crippen molar-refractivity contribution >= 4 is 5.91 Å². The Kier molecular flexibility index (Phi) is 1.88. The minimum atomic E-state index is -1.19. The van der Waals surface area contributed by atoms with Gasteiger partial charge in [0.15, 0.2) is 0 Å². The molecule has 1 atom stereocenters. The summed E-state index contributed by atoms with van der Waals surface area (Å²) in [4.78, 5) is 12.6. The molecule has 1 amide bonds. The highest BCUT2D eigenvalue weighted by Gasteiger charge is 2.33. The van der Waals surface area contributed by atoms with Crippen molar-refractivity contribution in [3.8, 4) is 12.3 Å². The number of piperidine rings is 1. The van der Waals surface area contributed by atoms with E-state index in [1.807, 2.05) is 0 Å². The molecule has 0 aromatic rings. The van der Waals surface area contributed by atoms with Crippen molar-refractivity contribution in [1.82, 2.24) is 4.90 Å². The zero-order chi connectivity index (χ0) is 8.48. The fraction of sp³-hybridized carbons (Fsp3) is 0.625. The first-order chi connectivity index (χ1) is 5.07. The minimum Gasteiger partial charge on any atom is -0.377 e. The number of carbonyl (C=O) groups excluding carboxylic acids is 1. The maximum Gasteiger partial charge on any atom is 0.226 e. The van der Waals surface area contributed by atoms with Gasteiger partial charge in [-0.15, -0.1) is 6.42 Å². The number of rotatable bonds is 0. The van der Waals surface area contributed by atoms with Crippen molar-refractivity contribution in [2.24, 2.45) is 0 Å². The lowest BCUT2D eigenvalue weighted by molar-refractivity contribution is -0.138. The van der Waals surface area contributed by atoms with Gasteiger partial charge >= 0.3 is 0 Å². The zero-order valence-electron chi connectivity index (χ0n) is 6.50. The maximum atomic E-state index is 11.0. The molecular formula is C8H11NO2. The van der Waals surface area contributed by atoms with Gasteiger partial charge in [0.05, 0.1) is 6.42 Å². The van der Waals surface area contributed by atoms with E-state index in [0.717, 1.165) is 0 Å². The van der Waals surface area contributed by atoms with Gasteiger partial charge in [-0.25, -0.2) is 0 Å². The number of aliphatic hydroxyl groups is 1. The second-order valence-electron chi connectivity index (χ2n) is 2.92. The summed E-state index contributed by atoms with van der Waals surface area (Å²) in [6.45, 7) is 0.541. The molecule has 1 N–H and O–H groups in total. The molecule has 0 bridgehead atoms. The van der Waals surface area contributed by atoms with E-state index in [-0.39, 0.29) is 12.3 Å². The van der Waals surface area contributed by atoms with Crippen LogP contribution in [-0.2, 0) is 4.79 Å². The van der Waals surface area contributed by atoms with Crippen molar-refractivity contribution in [1.29, 1.82) is 0 Å². The van der Waals surface area contributed by atoms with Crippen LogP contribution in [0.3, 0.4) is 0 Å². The average Bonchev–Trinajstić information content (AvgIpc) is 1.98. The lowest BCUT2D eigenvalue weighted by Crippen LogP contribution is -2.45. The molecule has 1 saturated heterocycles. The molecule has 0 aliphatic carbocycles. The van der Waals surface area contributed by atoms with Crippen LogP contribution < -0.4 is 0 Å². The normalized spacial score (nSPS) is 31.7. The van der Waals surface area contributed by atoms with Crippen LogP contribution in [0.5, 0.6) is 0 Å². The topological polar surface area (TPSA) is 40.5 Å². The molecule has 0 saturated carbocycles. The molecule has 0 spiro atoms. The standard InChI is InChI=1S/C8H11NO2/c1-3-8(11)4-5-9(2)7(10)6-8/h1,11H,4-6H2,2H3/t8-/m0/s1. The Balaban J connectivity index is 2.68. The second-order valence-corrected chi connectivity index (χ2v) is 2.92. The second kappa shape index (κ2) is 2.55. The van der Waals surface area contributed by atoms with Gasteiger partial charge in [0, 0.05) is 20.0 Å². The third-order valence-corrected chi connectivity index (χ3v) is 2.00. The van der Waals surface area contributed by atoms with Gasteiger partial charge in [-0.05, 0) is 0 Å². The summed E-state index contributed by atoms with van der Waals surface area (Å²) in [5, 5.41) is 9.48. The Morgan fingerprint density at radius 3 is 2.91 bits per heavy atom. The fourth-order valence-corrected chi connectivity index (χ4v) is 1.07. The van der Waals surface area contributed by atoms with Gasteiger partial charge in [-0.1, -0.05) is 5.92 Å². The maximum absolute atomic E-state index is 11.0. The summed E-state index contributed by atoms with van der Waals surface area (Å²) in [6.07, 6.45) is 5.61. The molecule has 1 rings (SSSR count).